The number of furan rings is 1. The summed E-state index contributed by atoms with van der Waals surface area (Å²) in [6.07, 6.45) is 1.51. The van der Waals surface area contributed by atoms with Crippen LogP contribution >= 0.6 is 0 Å². The Morgan fingerprint density at radius 2 is 1.96 bits per heavy atom. The lowest BCUT2D eigenvalue weighted by molar-refractivity contribution is 0.0194. The number of carbonyl (C=O) groups is 1. The van der Waals surface area contributed by atoms with E-state index in [0.717, 1.165) is 5.75 Å². The highest BCUT2D eigenvalue weighted by Gasteiger charge is 2.15. The van der Waals surface area contributed by atoms with Crippen molar-refractivity contribution in [3.63, 3.8) is 0 Å². The van der Waals surface area contributed by atoms with Gasteiger partial charge < -0.3 is 13.7 Å². The van der Waals surface area contributed by atoms with E-state index in [9.17, 15) is 4.79 Å². The number of amides is 1. The van der Waals surface area contributed by atoms with Crippen molar-refractivity contribution in [2.24, 2.45) is 0 Å². The molecule has 3 aromatic rings. The van der Waals surface area contributed by atoms with Crippen LogP contribution in [0.4, 0.5) is 0 Å². The SMILES string of the molecule is O=C(NOCCOc1ccccc1)c1cc(-c2ccco2)on1. The van der Waals surface area contributed by atoms with Gasteiger partial charge in [-0.15, -0.1) is 0 Å². The van der Waals surface area contributed by atoms with Gasteiger partial charge in [0, 0.05) is 6.07 Å². The number of carbonyl (C=O) groups excluding carboxylic acids is 1. The smallest absolute Gasteiger partial charge is 0.297 e. The summed E-state index contributed by atoms with van der Waals surface area (Å²) in [6.45, 7) is 0.504. The summed E-state index contributed by atoms with van der Waals surface area (Å²) >= 11 is 0. The lowest BCUT2D eigenvalue weighted by Crippen LogP contribution is -2.26. The Hall–Kier alpha value is -3.06. The summed E-state index contributed by atoms with van der Waals surface area (Å²) in [6, 6.07) is 14.2. The molecule has 0 radical (unpaired) electrons. The Labute approximate surface area is 131 Å². The van der Waals surface area contributed by atoms with Crippen LogP contribution in [-0.4, -0.2) is 24.3 Å². The zero-order valence-electron chi connectivity index (χ0n) is 12.1. The topological polar surface area (TPSA) is 86.7 Å². The highest BCUT2D eigenvalue weighted by Crippen LogP contribution is 2.20. The number of hydroxylamine groups is 1. The van der Waals surface area contributed by atoms with Gasteiger partial charge in [0.25, 0.3) is 5.91 Å². The number of hydrogen-bond donors (Lipinski definition) is 1. The summed E-state index contributed by atoms with van der Waals surface area (Å²) in [5.74, 6) is 1.09. The standard InChI is InChI=1S/C16H14N2O5/c19-16(13-11-15(23-17-13)14-7-4-8-21-14)18-22-10-9-20-12-5-2-1-3-6-12/h1-8,11H,9-10H2,(H,18,19). The summed E-state index contributed by atoms with van der Waals surface area (Å²) in [4.78, 5) is 16.9. The molecule has 2 heterocycles. The fourth-order valence-electron chi connectivity index (χ4n) is 1.80. The fraction of sp³-hybridized carbons (Fsp3) is 0.125. The van der Waals surface area contributed by atoms with Crippen LogP contribution in [0.15, 0.2) is 63.7 Å². The minimum absolute atomic E-state index is 0.0976. The zero-order valence-corrected chi connectivity index (χ0v) is 12.1. The summed E-state index contributed by atoms with van der Waals surface area (Å²) in [5.41, 5.74) is 2.37. The molecule has 1 aromatic carbocycles. The maximum atomic E-state index is 11.8. The van der Waals surface area contributed by atoms with Gasteiger partial charge >= 0.3 is 0 Å². The Morgan fingerprint density at radius 1 is 1.09 bits per heavy atom. The van der Waals surface area contributed by atoms with Crippen molar-refractivity contribution in [3.05, 3.63) is 60.5 Å². The van der Waals surface area contributed by atoms with E-state index in [4.69, 9.17) is 18.5 Å². The molecule has 3 rings (SSSR count). The predicted octanol–water partition coefficient (Wildman–Crippen LogP) is 2.68. The van der Waals surface area contributed by atoms with Crippen molar-refractivity contribution in [1.82, 2.24) is 10.6 Å². The summed E-state index contributed by atoms with van der Waals surface area (Å²) in [5, 5.41) is 3.66. The van der Waals surface area contributed by atoms with Crippen LogP contribution in [0.5, 0.6) is 5.75 Å². The van der Waals surface area contributed by atoms with Crippen LogP contribution in [0.3, 0.4) is 0 Å². The number of nitrogens with one attached hydrogen (secondary N) is 1. The maximum Gasteiger partial charge on any atom is 0.297 e. The van der Waals surface area contributed by atoms with E-state index in [1.165, 1.54) is 12.3 Å². The molecule has 1 N–H and O–H groups in total. The number of hydrogen-bond acceptors (Lipinski definition) is 6. The molecule has 23 heavy (non-hydrogen) atoms. The first-order chi connectivity index (χ1) is 11.3. The Balaban J connectivity index is 1.41. The molecule has 0 saturated carbocycles. The van der Waals surface area contributed by atoms with Crippen molar-refractivity contribution in [3.8, 4) is 17.3 Å². The molecule has 0 unspecified atom stereocenters. The van der Waals surface area contributed by atoms with E-state index in [-0.39, 0.29) is 12.3 Å². The van der Waals surface area contributed by atoms with E-state index in [0.29, 0.717) is 18.1 Å². The van der Waals surface area contributed by atoms with Crippen LogP contribution in [0.1, 0.15) is 10.5 Å². The minimum Gasteiger partial charge on any atom is -0.491 e. The number of ether oxygens (including phenoxy) is 1. The number of para-hydroxylation sites is 1. The van der Waals surface area contributed by atoms with Gasteiger partial charge in [0.15, 0.2) is 11.5 Å². The zero-order chi connectivity index (χ0) is 15.9. The maximum absolute atomic E-state index is 11.8. The molecule has 2 aromatic heterocycles. The van der Waals surface area contributed by atoms with Crippen molar-refractivity contribution in [2.75, 3.05) is 13.2 Å². The number of benzene rings is 1. The third kappa shape index (κ3) is 3.98. The second-order valence-corrected chi connectivity index (χ2v) is 4.49. The molecule has 1 amide bonds. The van der Waals surface area contributed by atoms with E-state index >= 15 is 0 Å². The molecule has 7 nitrogen and oxygen atoms in total. The Bertz CT molecular complexity index is 737. The first-order valence-electron chi connectivity index (χ1n) is 6.93. The van der Waals surface area contributed by atoms with Gasteiger partial charge in [0.05, 0.1) is 6.26 Å². The normalized spacial score (nSPS) is 10.4. The van der Waals surface area contributed by atoms with Crippen LogP contribution < -0.4 is 10.2 Å². The monoisotopic (exact) mass is 314 g/mol. The Kier molecular flexibility index (Phi) is 4.70. The lowest BCUT2D eigenvalue weighted by atomic mass is 10.3. The van der Waals surface area contributed by atoms with Gasteiger partial charge in [0.1, 0.15) is 19.0 Å². The molecule has 118 valence electrons. The molecule has 0 bridgehead atoms. The first kappa shape index (κ1) is 14.9. The molecule has 0 atom stereocenters. The van der Waals surface area contributed by atoms with E-state index in [2.05, 4.69) is 10.6 Å². The number of rotatable bonds is 7. The van der Waals surface area contributed by atoms with Crippen LogP contribution in [0.2, 0.25) is 0 Å². The molecule has 0 aliphatic rings. The molecule has 0 aliphatic carbocycles. The van der Waals surface area contributed by atoms with Crippen molar-refractivity contribution in [2.45, 2.75) is 0 Å². The first-order valence-corrected chi connectivity index (χ1v) is 6.93. The predicted molar refractivity (Wildman–Crippen MR) is 79.6 cm³/mol. The molecular formula is C16H14N2O5. The summed E-state index contributed by atoms with van der Waals surface area (Å²) < 4.78 is 15.6. The highest BCUT2D eigenvalue weighted by atomic mass is 16.7. The average Bonchev–Trinajstić information content (AvgIpc) is 3.26. The van der Waals surface area contributed by atoms with Gasteiger partial charge in [0.2, 0.25) is 5.76 Å². The Morgan fingerprint density at radius 3 is 2.74 bits per heavy atom. The quantitative estimate of drug-likeness (QED) is 0.533. The van der Waals surface area contributed by atoms with Gasteiger partial charge in [-0.05, 0) is 24.3 Å². The molecule has 0 saturated heterocycles. The van der Waals surface area contributed by atoms with Crippen LogP contribution in [0.25, 0.3) is 11.5 Å². The molecule has 7 heteroatoms. The fourth-order valence-corrected chi connectivity index (χ4v) is 1.80. The van der Waals surface area contributed by atoms with E-state index < -0.39 is 5.91 Å². The highest BCUT2D eigenvalue weighted by molar-refractivity contribution is 5.92. The summed E-state index contributed by atoms with van der Waals surface area (Å²) in [7, 11) is 0. The van der Waals surface area contributed by atoms with Crippen molar-refractivity contribution in [1.29, 1.82) is 0 Å². The second kappa shape index (κ2) is 7.28. The molecule has 0 spiro atoms. The van der Waals surface area contributed by atoms with E-state index in [1.807, 2.05) is 30.3 Å². The molecular weight excluding hydrogens is 300 g/mol. The molecule has 0 aliphatic heterocycles. The van der Waals surface area contributed by atoms with Gasteiger partial charge in [-0.3, -0.25) is 9.63 Å². The minimum atomic E-state index is -0.508. The van der Waals surface area contributed by atoms with E-state index in [1.54, 1.807) is 12.1 Å². The average molecular weight is 314 g/mol. The largest absolute Gasteiger partial charge is 0.491 e. The van der Waals surface area contributed by atoms with Crippen molar-refractivity contribution < 1.29 is 23.3 Å². The van der Waals surface area contributed by atoms with Crippen molar-refractivity contribution >= 4 is 5.91 Å². The van der Waals surface area contributed by atoms with Gasteiger partial charge in [-0.2, -0.15) is 0 Å². The number of aromatic nitrogens is 1. The lowest BCUT2D eigenvalue weighted by Gasteiger charge is -2.06. The van der Waals surface area contributed by atoms with Gasteiger partial charge in [-0.25, -0.2) is 5.48 Å². The van der Waals surface area contributed by atoms with Gasteiger partial charge in [-0.1, -0.05) is 23.4 Å². The van der Waals surface area contributed by atoms with Crippen LogP contribution in [0, 0.1) is 0 Å². The van der Waals surface area contributed by atoms with Crippen LogP contribution in [-0.2, 0) is 4.84 Å². The second-order valence-electron chi connectivity index (χ2n) is 4.49. The third-order valence-corrected chi connectivity index (χ3v) is 2.87. The third-order valence-electron chi connectivity index (χ3n) is 2.87. The number of nitrogens with zero attached hydrogens (tertiary/aromatic N) is 1. The molecule has 0 fully saturated rings.